The van der Waals surface area contributed by atoms with Gasteiger partial charge in [-0.2, -0.15) is 0 Å². The summed E-state index contributed by atoms with van der Waals surface area (Å²) in [4.78, 5) is 0. The van der Waals surface area contributed by atoms with Gasteiger partial charge in [-0.15, -0.1) is 0 Å². The van der Waals surface area contributed by atoms with Crippen LogP contribution in [-0.2, 0) is 17.9 Å². The Hall–Kier alpha value is -0.860. The minimum Gasteiger partial charge on any atom is -0.374 e. The van der Waals surface area contributed by atoms with E-state index in [9.17, 15) is 0 Å². The Morgan fingerprint density at radius 1 is 1.05 bits per heavy atom. The smallest absolute Gasteiger partial charge is 0.0723 e. The van der Waals surface area contributed by atoms with Crippen molar-refractivity contribution in [3.63, 3.8) is 0 Å². The summed E-state index contributed by atoms with van der Waals surface area (Å²) in [6.45, 7) is 8.27. The number of benzene rings is 1. The van der Waals surface area contributed by atoms with Gasteiger partial charge in [0.05, 0.1) is 12.7 Å². The summed E-state index contributed by atoms with van der Waals surface area (Å²) < 4.78 is 6.11. The van der Waals surface area contributed by atoms with E-state index in [4.69, 9.17) is 4.74 Å². The maximum absolute atomic E-state index is 6.11. The molecular formula is C18H29NO. The van der Waals surface area contributed by atoms with Gasteiger partial charge in [0, 0.05) is 12.1 Å². The van der Waals surface area contributed by atoms with Gasteiger partial charge >= 0.3 is 0 Å². The lowest BCUT2D eigenvalue weighted by molar-refractivity contribution is 0.0165. The quantitative estimate of drug-likeness (QED) is 0.858. The zero-order valence-electron chi connectivity index (χ0n) is 13.2. The summed E-state index contributed by atoms with van der Waals surface area (Å²) >= 11 is 0. The standard InChI is InChI=1S/C18H29NO/c1-18(2,3)19-13-15-9-7-8-10-16(15)14-20-17-11-5-4-6-12-17/h7-10,17,19H,4-6,11-14H2,1-3H3. The lowest BCUT2D eigenvalue weighted by atomic mass is 9.97. The molecule has 1 fully saturated rings. The molecule has 0 radical (unpaired) electrons. The summed E-state index contributed by atoms with van der Waals surface area (Å²) in [5.41, 5.74) is 2.84. The number of ether oxygens (including phenoxy) is 1. The molecule has 1 aromatic rings. The predicted octanol–water partition coefficient (Wildman–Crippen LogP) is 4.42. The first kappa shape index (κ1) is 15.5. The van der Waals surface area contributed by atoms with Crippen LogP contribution in [0.4, 0.5) is 0 Å². The lowest BCUT2D eigenvalue weighted by Gasteiger charge is -2.24. The lowest BCUT2D eigenvalue weighted by Crippen LogP contribution is -2.35. The molecule has 1 aliphatic carbocycles. The second-order valence-corrected chi connectivity index (χ2v) is 6.94. The Morgan fingerprint density at radius 3 is 2.35 bits per heavy atom. The molecule has 1 aromatic carbocycles. The SMILES string of the molecule is CC(C)(C)NCc1ccccc1COC1CCCCC1. The first-order valence-corrected chi connectivity index (χ1v) is 7.98. The molecule has 2 rings (SSSR count). The fourth-order valence-electron chi connectivity index (χ4n) is 2.67. The van der Waals surface area contributed by atoms with Gasteiger partial charge in [0.1, 0.15) is 0 Å². The van der Waals surface area contributed by atoms with E-state index in [2.05, 4.69) is 50.4 Å². The van der Waals surface area contributed by atoms with Gasteiger partial charge in [0.2, 0.25) is 0 Å². The van der Waals surface area contributed by atoms with Crippen molar-refractivity contribution in [2.45, 2.75) is 77.7 Å². The first-order valence-electron chi connectivity index (χ1n) is 7.98. The minimum atomic E-state index is 0.150. The van der Waals surface area contributed by atoms with Crippen molar-refractivity contribution in [1.82, 2.24) is 5.32 Å². The Kier molecular flexibility index (Phi) is 5.62. The highest BCUT2D eigenvalue weighted by Crippen LogP contribution is 2.22. The van der Waals surface area contributed by atoms with Crippen LogP contribution < -0.4 is 5.32 Å². The van der Waals surface area contributed by atoms with Crippen molar-refractivity contribution in [1.29, 1.82) is 0 Å². The zero-order chi connectivity index (χ0) is 14.4. The van der Waals surface area contributed by atoms with Gasteiger partial charge < -0.3 is 10.1 Å². The van der Waals surface area contributed by atoms with Gasteiger partial charge in [0.15, 0.2) is 0 Å². The average Bonchev–Trinajstić information content (AvgIpc) is 2.44. The van der Waals surface area contributed by atoms with Crippen LogP contribution in [0.25, 0.3) is 0 Å². The van der Waals surface area contributed by atoms with Crippen LogP contribution >= 0.6 is 0 Å². The Balaban J connectivity index is 1.89. The van der Waals surface area contributed by atoms with Gasteiger partial charge in [0.25, 0.3) is 0 Å². The summed E-state index contributed by atoms with van der Waals surface area (Å²) in [6.07, 6.45) is 7.00. The van der Waals surface area contributed by atoms with E-state index < -0.39 is 0 Å². The van der Waals surface area contributed by atoms with Gasteiger partial charge in [-0.25, -0.2) is 0 Å². The Morgan fingerprint density at radius 2 is 1.70 bits per heavy atom. The Bertz CT molecular complexity index is 402. The number of hydrogen-bond donors (Lipinski definition) is 1. The van der Waals surface area contributed by atoms with Gasteiger partial charge in [-0.1, -0.05) is 43.5 Å². The molecular weight excluding hydrogens is 246 g/mol. The minimum absolute atomic E-state index is 0.150. The molecule has 0 spiro atoms. The van der Waals surface area contributed by atoms with Gasteiger partial charge in [-0.3, -0.25) is 0 Å². The predicted molar refractivity (Wildman–Crippen MR) is 84.7 cm³/mol. The molecule has 0 aliphatic heterocycles. The second-order valence-electron chi connectivity index (χ2n) is 6.94. The summed E-state index contributed by atoms with van der Waals surface area (Å²) in [5.74, 6) is 0. The van der Waals surface area contributed by atoms with Crippen molar-refractivity contribution in [3.05, 3.63) is 35.4 Å². The van der Waals surface area contributed by atoms with E-state index in [0.29, 0.717) is 6.10 Å². The van der Waals surface area contributed by atoms with Crippen LogP contribution in [-0.4, -0.2) is 11.6 Å². The van der Waals surface area contributed by atoms with E-state index >= 15 is 0 Å². The molecule has 0 amide bonds. The molecule has 0 bridgehead atoms. The molecule has 2 heteroatoms. The van der Waals surface area contributed by atoms with E-state index in [0.717, 1.165) is 13.2 Å². The second kappa shape index (κ2) is 7.24. The van der Waals surface area contributed by atoms with Crippen LogP contribution in [0.5, 0.6) is 0 Å². The first-order chi connectivity index (χ1) is 9.54. The molecule has 2 nitrogen and oxygen atoms in total. The molecule has 1 N–H and O–H groups in total. The third kappa shape index (κ3) is 5.26. The summed E-state index contributed by atoms with van der Waals surface area (Å²) in [6, 6.07) is 8.63. The highest BCUT2D eigenvalue weighted by atomic mass is 16.5. The van der Waals surface area contributed by atoms with Crippen molar-refractivity contribution >= 4 is 0 Å². The normalized spacial score (nSPS) is 17.4. The largest absolute Gasteiger partial charge is 0.374 e. The fourth-order valence-corrected chi connectivity index (χ4v) is 2.67. The maximum Gasteiger partial charge on any atom is 0.0723 e. The molecule has 0 aromatic heterocycles. The maximum atomic E-state index is 6.11. The number of rotatable bonds is 5. The van der Waals surface area contributed by atoms with Crippen molar-refractivity contribution in [2.24, 2.45) is 0 Å². The molecule has 0 unspecified atom stereocenters. The fraction of sp³-hybridized carbons (Fsp3) is 0.667. The molecule has 1 saturated carbocycles. The molecule has 0 atom stereocenters. The van der Waals surface area contributed by atoms with Crippen LogP contribution in [0.2, 0.25) is 0 Å². The van der Waals surface area contributed by atoms with Crippen molar-refractivity contribution in [2.75, 3.05) is 0 Å². The van der Waals surface area contributed by atoms with Crippen molar-refractivity contribution in [3.8, 4) is 0 Å². The highest BCUT2D eigenvalue weighted by Gasteiger charge is 2.15. The third-order valence-electron chi connectivity index (χ3n) is 3.95. The van der Waals surface area contributed by atoms with E-state index in [-0.39, 0.29) is 5.54 Å². The van der Waals surface area contributed by atoms with Crippen LogP contribution in [0.3, 0.4) is 0 Å². The molecule has 1 aliphatic rings. The van der Waals surface area contributed by atoms with Crippen LogP contribution in [0.15, 0.2) is 24.3 Å². The third-order valence-corrected chi connectivity index (χ3v) is 3.95. The molecule has 0 heterocycles. The van der Waals surface area contributed by atoms with Crippen LogP contribution in [0.1, 0.15) is 64.0 Å². The van der Waals surface area contributed by atoms with Gasteiger partial charge in [-0.05, 0) is 44.7 Å². The highest BCUT2D eigenvalue weighted by molar-refractivity contribution is 5.26. The van der Waals surface area contributed by atoms with E-state index in [1.54, 1.807) is 0 Å². The van der Waals surface area contributed by atoms with E-state index in [1.807, 2.05) is 0 Å². The Labute approximate surface area is 123 Å². The monoisotopic (exact) mass is 275 g/mol. The molecule has 20 heavy (non-hydrogen) atoms. The average molecular weight is 275 g/mol. The van der Waals surface area contributed by atoms with Crippen molar-refractivity contribution < 1.29 is 4.74 Å². The zero-order valence-corrected chi connectivity index (χ0v) is 13.2. The molecule has 0 saturated heterocycles. The summed E-state index contributed by atoms with van der Waals surface area (Å²) in [7, 11) is 0. The van der Waals surface area contributed by atoms with Crippen LogP contribution in [0, 0.1) is 0 Å². The topological polar surface area (TPSA) is 21.3 Å². The molecule has 112 valence electrons. The summed E-state index contributed by atoms with van der Waals surface area (Å²) in [5, 5.41) is 3.56. The number of nitrogens with one attached hydrogen (secondary N) is 1. The van der Waals surface area contributed by atoms with E-state index in [1.165, 1.54) is 43.2 Å². The number of hydrogen-bond acceptors (Lipinski definition) is 2.